The molecule has 29 heavy (non-hydrogen) atoms. The van der Waals surface area contributed by atoms with Crippen molar-refractivity contribution in [3.63, 3.8) is 0 Å². The molecule has 1 aliphatic carbocycles. The van der Waals surface area contributed by atoms with Crippen molar-refractivity contribution in [2.24, 2.45) is 0 Å². The quantitative estimate of drug-likeness (QED) is 0.487. The van der Waals surface area contributed by atoms with Gasteiger partial charge < -0.3 is 4.74 Å². The molecule has 3 aromatic carbocycles. The zero-order chi connectivity index (χ0) is 19.3. The van der Waals surface area contributed by atoms with E-state index in [1.807, 2.05) is 0 Å². The third-order valence-electron chi connectivity index (χ3n) is 6.76. The smallest absolute Gasteiger partial charge is 0.146 e. The molecular formula is C28H24O. The molecule has 1 heteroatoms. The summed E-state index contributed by atoms with van der Waals surface area (Å²) in [5, 5.41) is 0. The van der Waals surface area contributed by atoms with E-state index >= 15 is 0 Å². The molecule has 1 saturated heterocycles. The summed E-state index contributed by atoms with van der Waals surface area (Å²) < 4.78 is 7.31. The van der Waals surface area contributed by atoms with Gasteiger partial charge in [0.05, 0.1) is 0 Å². The van der Waals surface area contributed by atoms with Gasteiger partial charge in [0.1, 0.15) is 11.2 Å². The molecule has 0 N–H and O–H groups in total. The van der Waals surface area contributed by atoms with Crippen LogP contribution >= 0.6 is 0 Å². The minimum Gasteiger partial charge on any atom is -0.340 e. The average Bonchev–Trinajstić information content (AvgIpc) is 3.23. The maximum atomic E-state index is 7.31. The van der Waals surface area contributed by atoms with Crippen LogP contribution in [0.5, 0.6) is 0 Å². The van der Waals surface area contributed by atoms with Crippen molar-refractivity contribution < 1.29 is 4.74 Å². The van der Waals surface area contributed by atoms with E-state index in [0.29, 0.717) is 0 Å². The van der Waals surface area contributed by atoms with Gasteiger partial charge in [-0.05, 0) is 59.1 Å². The maximum Gasteiger partial charge on any atom is 0.146 e. The predicted octanol–water partition coefficient (Wildman–Crippen LogP) is 6.64. The molecule has 142 valence electrons. The molecule has 2 unspecified atom stereocenters. The number of allylic oxidation sites excluding steroid dienone is 2. The van der Waals surface area contributed by atoms with Crippen molar-refractivity contribution in [1.29, 1.82) is 0 Å². The number of benzene rings is 3. The van der Waals surface area contributed by atoms with Crippen LogP contribution in [0.1, 0.15) is 47.9 Å². The first-order chi connectivity index (χ1) is 14.4. The minimum absolute atomic E-state index is 0.531. The number of rotatable bonds is 2. The van der Waals surface area contributed by atoms with Crippen molar-refractivity contribution >= 4 is 0 Å². The highest BCUT2D eigenvalue weighted by molar-refractivity contribution is 5.72. The lowest BCUT2D eigenvalue weighted by molar-refractivity contribution is -0.0213. The Bertz CT molecular complexity index is 1030. The largest absolute Gasteiger partial charge is 0.340 e. The summed E-state index contributed by atoms with van der Waals surface area (Å²) in [4.78, 5) is 0. The van der Waals surface area contributed by atoms with Crippen LogP contribution in [0.2, 0.25) is 0 Å². The van der Waals surface area contributed by atoms with Crippen LogP contribution in [0.15, 0.2) is 108 Å². The van der Waals surface area contributed by atoms with Crippen molar-refractivity contribution in [3.05, 3.63) is 130 Å². The van der Waals surface area contributed by atoms with Crippen LogP contribution in [-0.4, -0.2) is 0 Å². The van der Waals surface area contributed by atoms with Gasteiger partial charge in [0, 0.05) is 0 Å². The Hall–Kier alpha value is -2.90. The second-order valence-corrected chi connectivity index (χ2v) is 8.26. The lowest BCUT2D eigenvalue weighted by atomic mass is 9.65. The van der Waals surface area contributed by atoms with Crippen LogP contribution in [0.25, 0.3) is 0 Å². The molecular weight excluding hydrogens is 352 g/mol. The Morgan fingerprint density at radius 1 is 0.517 bits per heavy atom. The molecule has 0 spiro atoms. The normalized spacial score (nSPS) is 30.9. The van der Waals surface area contributed by atoms with Gasteiger partial charge in [-0.1, -0.05) is 97.1 Å². The van der Waals surface area contributed by atoms with Crippen LogP contribution in [-0.2, 0) is 15.9 Å². The topological polar surface area (TPSA) is 9.23 Å². The maximum absolute atomic E-state index is 7.31. The standard InChI is InChI=1S/C28H24O/c1-2-10-18-24-23(17-9-1)27(21-13-5-3-6-14-21)25-19-11-12-20-26(25)28(24,29-27)22-15-7-4-8-16-22/h3-8,11-20H,1-2,9-10H2/b23-17+,24-18+. The summed E-state index contributed by atoms with van der Waals surface area (Å²) >= 11 is 0. The van der Waals surface area contributed by atoms with Crippen molar-refractivity contribution in [3.8, 4) is 0 Å². The summed E-state index contributed by atoms with van der Waals surface area (Å²) in [6.07, 6.45) is 9.60. The second-order valence-electron chi connectivity index (χ2n) is 8.26. The molecule has 3 aliphatic rings. The highest BCUT2D eigenvalue weighted by atomic mass is 16.5. The fourth-order valence-electron chi connectivity index (χ4n) is 5.59. The Kier molecular flexibility index (Phi) is 3.69. The van der Waals surface area contributed by atoms with Gasteiger partial charge in [-0.3, -0.25) is 0 Å². The molecule has 2 aliphatic heterocycles. The lowest BCUT2D eigenvalue weighted by Gasteiger charge is -2.33. The molecule has 6 rings (SSSR count). The Morgan fingerprint density at radius 2 is 0.931 bits per heavy atom. The van der Waals surface area contributed by atoms with Crippen molar-refractivity contribution in [2.45, 2.75) is 36.9 Å². The summed E-state index contributed by atoms with van der Waals surface area (Å²) in [6.45, 7) is 0. The van der Waals surface area contributed by atoms with E-state index in [-0.39, 0.29) is 0 Å². The molecule has 2 atom stereocenters. The lowest BCUT2D eigenvalue weighted by Crippen LogP contribution is -2.29. The molecule has 1 fully saturated rings. The van der Waals surface area contributed by atoms with Crippen molar-refractivity contribution in [2.75, 3.05) is 0 Å². The third kappa shape index (κ3) is 2.14. The number of hydrogen-bond acceptors (Lipinski definition) is 1. The summed E-state index contributed by atoms with van der Waals surface area (Å²) in [5.74, 6) is 0. The third-order valence-corrected chi connectivity index (χ3v) is 6.76. The van der Waals surface area contributed by atoms with Crippen LogP contribution in [0, 0.1) is 0 Å². The Labute approximate surface area is 172 Å². The van der Waals surface area contributed by atoms with E-state index < -0.39 is 11.2 Å². The fourth-order valence-corrected chi connectivity index (χ4v) is 5.59. The zero-order valence-corrected chi connectivity index (χ0v) is 16.5. The van der Waals surface area contributed by atoms with E-state index in [1.54, 1.807) is 0 Å². The highest BCUT2D eigenvalue weighted by Crippen LogP contribution is 2.68. The number of hydrogen-bond donors (Lipinski definition) is 0. The zero-order valence-electron chi connectivity index (χ0n) is 16.5. The monoisotopic (exact) mass is 376 g/mol. The first kappa shape index (κ1) is 17.0. The van der Waals surface area contributed by atoms with Gasteiger partial charge in [0.15, 0.2) is 0 Å². The molecule has 0 saturated carbocycles. The van der Waals surface area contributed by atoms with Gasteiger partial charge in [-0.25, -0.2) is 0 Å². The van der Waals surface area contributed by atoms with E-state index in [9.17, 15) is 0 Å². The van der Waals surface area contributed by atoms with Gasteiger partial charge in [0.25, 0.3) is 0 Å². The SMILES string of the molecule is C1=C2\C(=C/CCCC/1)C1(c3ccccc3)OC2(c2ccccc2)c2ccccc21. The van der Waals surface area contributed by atoms with E-state index in [4.69, 9.17) is 4.74 Å². The first-order valence-corrected chi connectivity index (χ1v) is 10.7. The summed E-state index contributed by atoms with van der Waals surface area (Å²) in [5.41, 5.74) is 6.67. The van der Waals surface area contributed by atoms with Gasteiger partial charge >= 0.3 is 0 Å². The molecule has 0 amide bonds. The molecule has 3 aromatic rings. The number of ether oxygens (including phenoxy) is 1. The second kappa shape index (κ2) is 6.30. The van der Waals surface area contributed by atoms with Crippen LogP contribution in [0.3, 0.4) is 0 Å². The Morgan fingerprint density at radius 3 is 1.38 bits per heavy atom. The van der Waals surface area contributed by atoms with Gasteiger partial charge in [0.2, 0.25) is 0 Å². The minimum atomic E-state index is -0.531. The molecule has 0 radical (unpaired) electrons. The van der Waals surface area contributed by atoms with Crippen molar-refractivity contribution in [1.82, 2.24) is 0 Å². The van der Waals surface area contributed by atoms with E-state index in [1.165, 1.54) is 46.2 Å². The van der Waals surface area contributed by atoms with Gasteiger partial charge in [-0.15, -0.1) is 0 Å². The van der Waals surface area contributed by atoms with Crippen LogP contribution < -0.4 is 0 Å². The van der Waals surface area contributed by atoms with E-state index in [0.717, 1.165) is 12.8 Å². The first-order valence-electron chi connectivity index (χ1n) is 10.7. The fraction of sp³-hybridized carbons (Fsp3) is 0.214. The van der Waals surface area contributed by atoms with E-state index in [2.05, 4.69) is 97.1 Å². The van der Waals surface area contributed by atoms with Crippen LogP contribution in [0.4, 0.5) is 0 Å². The highest BCUT2D eigenvalue weighted by Gasteiger charge is 2.65. The molecule has 2 bridgehead atoms. The Balaban J connectivity index is 1.75. The molecule has 0 aromatic heterocycles. The molecule has 2 heterocycles. The summed E-state index contributed by atoms with van der Waals surface area (Å²) in [6, 6.07) is 30.4. The number of fused-ring (bicyclic) bond motifs is 8. The van der Waals surface area contributed by atoms with Gasteiger partial charge in [-0.2, -0.15) is 0 Å². The predicted molar refractivity (Wildman–Crippen MR) is 117 cm³/mol. The average molecular weight is 376 g/mol. The summed E-state index contributed by atoms with van der Waals surface area (Å²) in [7, 11) is 0. The molecule has 1 nitrogen and oxygen atoms in total.